The molecular formula is C15H14Cl2N2O2. The van der Waals surface area contributed by atoms with Gasteiger partial charge in [0.25, 0.3) is 5.91 Å². The van der Waals surface area contributed by atoms with Crippen molar-refractivity contribution in [1.82, 2.24) is 9.88 Å². The summed E-state index contributed by atoms with van der Waals surface area (Å²) < 4.78 is 0. The molecule has 0 bridgehead atoms. The monoisotopic (exact) mass is 324 g/mol. The van der Waals surface area contributed by atoms with Crippen molar-refractivity contribution in [1.29, 1.82) is 0 Å². The van der Waals surface area contributed by atoms with Crippen molar-refractivity contribution in [3.05, 3.63) is 67.6 Å². The molecule has 0 fully saturated rings. The van der Waals surface area contributed by atoms with Gasteiger partial charge in [0, 0.05) is 35.9 Å². The van der Waals surface area contributed by atoms with E-state index in [0.717, 1.165) is 5.56 Å². The lowest BCUT2D eigenvalue weighted by Gasteiger charge is -2.19. The molecule has 1 heterocycles. The van der Waals surface area contributed by atoms with Gasteiger partial charge in [-0.25, -0.2) is 0 Å². The van der Waals surface area contributed by atoms with Gasteiger partial charge in [-0.15, -0.1) is 0 Å². The van der Waals surface area contributed by atoms with E-state index in [2.05, 4.69) is 4.98 Å². The number of aryl methyl sites for hydroxylation is 1. The molecule has 0 atom stereocenters. The Bertz CT molecular complexity index is 741. The lowest BCUT2D eigenvalue weighted by Crippen LogP contribution is -2.27. The Balaban J connectivity index is 2.21. The molecule has 110 valence electrons. The molecular weight excluding hydrogens is 311 g/mol. The third-order valence-corrected chi connectivity index (χ3v) is 3.72. The Kier molecular flexibility index (Phi) is 4.70. The normalized spacial score (nSPS) is 10.5. The fourth-order valence-corrected chi connectivity index (χ4v) is 2.45. The number of H-pyrrole nitrogens is 1. The first-order valence-electron chi connectivity index (χ1n) is 6.27. The van der Waals surface area contributed by atoms with Crippen LogP contribution in [0.1, 0.15) is 21.5 Å². The molecule has 2 aromatic rings. The molecule has 0 saturated heterocycles. The summed E-state index contributed by atoms with van der Waals surface area (Å²) in [5.74, 6) is -0.185. The van der Waals surface area contributed by atoms with E-state index in [1.54, 1.807) is 32.2 Å². The molecule has 0 aliphatic rings. The summed E-state index contributed by atoms with van der Waals surface area (Å²) in [6.07, 6.45) is 1.43. The number of nitrogens with zero attached hydrogens (tertiary/aromatic N) is 1. The van der Waals surface area contributed by atoms with Gasteiger partial charge in [0.05, 0.1) is 5.56 Å². The van der Waals surface area contributed by atoms with Crippen LogP contribution in [0.2, 0.25) is 10.0 Å². The van der Waals surface area contributed by atoms with E-state index in [0.29, 0.717) is 27.7 Å². The Hall–Kier alpha value is -1.78. The van der Waals surface area contributed by atoms with Crippen LogP contribution < -0.4 is 5.56 Å². The molecule has 0 spiro atoms. The molecule has 2 rings (SSSR count). The fraction of sp³-hybridized carbons (Fsp3) is 0.200. The zero-order valence-corrected chi connectivity index (χ0v) is 13.1. The Labute approximate surface area is 132 Å². The second kappa shape index (κ2) is 6.33. The van der Waals surface area contributed by atoms with Crippen molar-refractivity contribution in [2.45, 2.75) is 13.5 Å². The maximum Gasteiger partial charge on any atom is 0.255 e. The van der Waals surface area contributed by atoms with Gasteiger partial charge in [-0.2, -0.15) is 0 Å². The first kappa shape index (κ1) is 15.6. The van der Waals surface area contributed by atoms with Gasteiger partial charge in [-0.1, -0.05) is 29.3 Å². The molecule has 1 amide bonds. The molecule has 6 heteroatoms. The van der Waals surface area contributed by atoms with Gasteiger partial charge < -0.3 is 9.88 Å². The molecule has 1 aromatic carbocycles. The Morgan fingerprint density at radius 3 is 2.62 bits per heavy atom. The summed E-state index contributed by atoms with van der Waals surface area (Å²) in [5.41, 5.74) is 1.67. The van der Waals surface area contributed by atoms with Crippen LogP contribution in [0.4, 0.5) is 0 Å². The molecule has 0 unspecified atom stereocenters. The topological polar surface area (TPSA) is 53.2 Å². The Morgan fingerprint density at radius 2 is 2.00 bits per heavy atom. The van der Waals surface area contributed by atoms with Gasteiger partial charge in [-0.05, 0) is 30.2 Å². The lowest BCUT2D eigenvalue weighted by molar-refractivity contribution is 0.0784. The van der Waals surface area contributed by atoms with Crippen LogP contribution in [0, 0.1) is 6.92 Å². The molecule has 1 N–H and O–H groups in total. The average molecular weight is 325 g/mol. The van der Waals surface area contributed by atoms with E-state index in [-0.39, 0.29) is 11.5 Å². The van der Waals surface area contributed by atoms with E-state index in [1.807, 2.05) is 0 Å². The highest BCUT2D eigenvalue weighted by atomic mass is 35.5. The summed E-state index contributed by atoms with van der Waals surface area (Å²) in [4.78, 5) is 27.6. The van der Waals surface area contributed by atoms with Crippen molar-refractivity contribution in [2.75, 3.05) is 7.05 Å². The fourth-order valence-electron chi connectivity index (χ4n) is 1.99. The number of aromatic nitrogens is 1. The predicted octanol–water partition coefficient (Wildman–Crippen LogP) is 3.26. The average Bonchev–Trinajstić information content (AvgIpc) is 2.41. The van der Waals surface area contributed by atoms with E-state index in [1.165, 1.54) is 17.2 Å². The molecule has 0 aliphatic heterocycles. The molecule has 21 heavy (non-hydrogen) atoms. The number of benzene rings is 1. The van der Waals surface area contributed by atoms with Gasteiger partial charge in [0.1, 0.15) is 0 Å². The second-order valence-electron chi connectivity index (χ2n) is 4.79. The number of carbonyl (C=O) groups excluding carboxylic acids is 1. The zero-order valence-electron chi connectivity index (χ0n) is 11.6. The van der Waals surface area contributed by atoms with Crippen LogP contribution >= 0.6 is 23.2 Å². The molecule has 4 nitrogen and oxygen atoms in total. The maximum atomic E-state index is 12.4. The molecule has 1 aromatic heterocycles. The third-order valence-electron chi connectivity index (χ3n) is 3.13. The first-order valence-corrected chi connectivity index (χ1v) is 7.03. The van der Waals surface area contributed by atoms with Crippen LogP contribution in [0.15, 0.2) is 35.3 Å². The minimum absolute atomic E-state index is 0.185. The van der Waals surface area contributed by atoms with Crippen LogP contribution in [0.5, 0.6) is 0 Å². The number of hydrogen-bond donors (Lipinski definition) is 1. The van der Waals surface area contributed by atoms with E-state index >= 15 is 0 Å². The lowest BCUT2D eigenvalue weighted by atomic mass is 10.1. The SMILES string of the molecule is Cc1cc(=O)[nH]cc1C(=O)N(C)Cc1ccc(Cl)cc1Cl. The summed E-state index contributed by atoms with van der Waals surface area (Å²) in [6.45, 7) is 2.08. The largest absolute Gasteiger partial charge is 0.337 e. The summed E-state index contributed by atoms with van der Waals surface area (Å²) in [6, 6.07) is 6.55. The standard InChI is InChI=1S/C15H14Cl2N2O2/c1-9-5-14(20)18-7-12(9)15(21)19(2)8-10-3-4-11(16)6-13(10)17/h3-7H,8H2,1-2H3,(H,18,20). The summed E-state index contributed by atoms with van der Waals surface area (Å²) >= 11 is 12.0. The third kappa shape index (κ3) is 3.65. The van der Waals surface area contributed by atoms with Gasteiger partial charge in [0.15, 0.2) is 0 Å². The number of hydrogen-bond acceptors (Lipinski definition) is 2. The predicted molar refractivity (Wildman–Crippen MR) is 84.1 cm³/mol. The summed E-state index contributed by atoms with van der Waals surface area (Å²) in [5, 5.41) is 1.06. The van der Waals surface area contributed by atoms with E-state index in [4.69, 9.17) is 23.2 Å². The summed E-state index contributed by atoms with van der Waals surface area (Å²) in [7, 11) is 1.68. The van der Waals surface area contributed by atoms with Crippen LogP contribution in [-0.2, 0) is 6.54 Å². The van der Waals surface area contributed by atoms with Crippen molar-refractivity contribution < 1.29 is 4.79 Å². The van der Waals surface area contributed by atoms with Crippen molar-refractivity contribution in [2.24, 2.45) is 0 Å². The first-order chi connectivity index (χ1) is 9.88. The molecule has 0 saturated carbocycles. The van der Waals surface area contributed by atoms with E-state index in [9.17, 15) is 9.59 Å². The highest BCUT2D eigenvalue weighted by Gasteiger charge is 2.16. The van der Waals surface area contributed by atoms with Crippen LogP contribution in [0.25, 0.3) is 0 Å². The number of rotatable bonds is 3. The van der Waals surface area contributed by atoms with Gasteiger partial charge >= 0.3 is 0 Å². The second-order valence-corrected chi connectivity index (χ2v) is 5.63. The highest BCUT2D eigenvalue weighted by molar-refractivity contribution is 6.35. The van der Waals surface area contributed by atoms with E-state index < -0.39 is 0 Å². The maximum absolute atomic E-state index is 12.4. The molecule has 0 aliphatic carbocycles. The molecule has 0 radical (unpaired) electrons. The quantitative estimate of drug-likeness (QED) is 0.942. The number of carbonyl (C=O) groups is 1. The highest BCUT2D eigenvalue weighted by Crippen LogP contribution is 2.22. The van der Waals surface area contributed by atoms with Crippen molar-refractivity contribution in [3.8, 4) is 0 Å². The smallest absolute Gasteiger partial charge is 0.255 e. The minimum Gasteiger partial charge on any atom is -0.337 e. The van der Waals surface area contributed by atoms with Gasteiger partial charge in [-0.3, -0.25) is 9.59 Å². The van der Waals surface area contributed by atoms with Gasteiger partial charge in [0.2, 0.25) is 5.56 Å². The Morgan fingerprint density at radius 1 is 1.29 bits per heavy atom. The van der Waals surface area contributed by atoms with Crippen LogP contribution in [0.3, 0.4) is 0 Å². The number of amides is 1. The zero-order chi connectivity index (χ0) is 15.6. The number of nitrogens with one attached hydrogen (secondary N) is 1. The number of halogens is 2. The van der Waals surface area contributed by atoms with Crippen molar-refractivity contribution >= 4 is 29.1 Å². The minimum atomic E-state index is -0.229. The number of pyridine rings is 1. The number of aromatic amines is 1. The van der Waals surface area contributed by atoms with Crippen LogP contribution in [-0.4, -0.2) is 22.8 Å². The van der Waals surface area contributed by atoms with Crippen molar-refractivity contribution in [3.63, 3.8) is 0 Å².